The second-order valence-corrected chi connectivity index (χ2v) is 9.04. The number of nitrogens with zero attached hydrogens (tertiary/aromatic N) is 1. The van der Waals surface area contributed by atoms with E-state index in [1.165, 1.54) is 18.3 Å². The standard InChI is InChI=1S/C22H16Br2Cl2FN3O2/c23-18-7-13(10-29-30-21(31)11-28-17-5-3-16(27)4-6-17)8-19(24)22(18)32-12-14-1-2-15(25)9-20(14)26/h1-10,28H,11-12H2,(H,30,31)/b29-10-. The van der Waals surface area contributed by atoms with E-state index in [4.69, 9.17) is 27.9 Å². The summed E-state index contributed by atoms with van der Waals surface area (Å²) < 4.78 is 20.2. The van der Waals surface area contributed by atoms with E-state index in [1.807, 2.05) is 0 Å². The van der Waals surface area contributed by atoms with Gasteiger partial charge in [0.25, 0.3) is 5.91 Å². The van der Waals surface area contributed by atoms with Gasteiger partial charge in [-0.1, -0.05) is 29.3 Å². The average Bonchev–Trinajstić information content (AvgIpc) is 2.74. The van der Waals surface area contributed by atoms with Crippen molar-refractivity contribution in [2.45, 2.75) is 6.61 Å². The van der Waals surface area contributed by atoms with Crippen LogP contribution in [0.15, 0.2) is 68.6 Å². The van der Waals surface area contributed by atoms with Crippen molar-refractivity contribution in [2.75, 3.05) is 11.9 Å². The number of hydrogen-bond acceptors (Lipinski definition) is 4. The highest BCUT2D eigenvalue weighted by Gasteiger charge is 2.10. The molecule has 0 unspecified atom stereocenters. The van der Waals surface area contributed by atoms with Gasteiger partial charge in [-0.2, -0.15) is 5.10 Å². The zero-order valence-corrected chi connectivity index (χ0v) is 21.0. The molecule has 0 fully saturated rings. The van der Waals surface area contributed by atoms with E-state index in [-0.39, 0.29) is 24.9 Å². The molecule has 166 valence electrons. The molecule has 0 radical (unpaired) electrons. The third-order valence-corrected chi connectivity index (χ3v) is 5.87. The molecule has 5 nitrogen and oxygen atoms in total. The Morgan fingerprint density at radius 2 is 1.75 bits per heavy atom. The summed E-state index contributed by atoms with van der Waals surface area (Å²) in [7, 11) is 0. The second-order valence-electron chi connectivity index (χ2n) is 6.49. The first-order valence-electron chi connectivity index (χ1n) is 9.19. The molecule has 0 heterocycles. The lowest BCUT2D eigenvalue weighted by atomic mass is 10.2. The highest BCUT2D eigenvalue weighted by molar-refractivity contribution is 9.11. The molecule has 0 aliphatic carbocycles. The van der Waals surface area contributed by atoms with E-state index in [0.29, 0.717) is 30.4 Å². The number of hydrazone groups is 1. The molecule has 0 aliphatic rings. The largest absolute Gasteiger partial charge is 0.486 e. The smallest absolute Gasteiger partial charge is 0.259 e. The third-order valence-electron chi connectivity index (χ3n) is 4.11. The van der Waals surface area contributed by atoms with Gasteiger partial charge >= 0.3 is 0 Å². The number of nitrogens with one attached hydrogen (secondary N) is 2. The summed E-state index contributed by atoms with van der Waals surface area (Å²) in [5.74, 6) is -0.0867. The van der Waals surface area contributed by atoms with E-state index in [1.54, 1.807) is 42.5 Å². The summed E-state index contributed by atoms with van der Waals surface area (Å²) in [6, 6.07) is 14.5. The van der Waals surface area contributed by atoms with E-state index >= 15 is 0 Å². The molecular formula is C22H16Br2Cl2FN3O2. The SMILES string of the molecule is O=C(CNc1ccc(F)cc1)N/N=C\c1cc(Br)c(OCc2ccc(Cl)cc2Cl)c(Br)c1. The van der Waals surface area contributed by atoms with Gasteiger partial charge in [-0.25, -0.2) is 9.82 Å². The van der Waals surface area contributed by atoms with Gasteiger partial charge in [-0.3, -0.25) is 4.79 Å². The van der Waals surface area contributed by atoms with E-state index in [2.05, 4.69) is 47.7 Å². The molecule has 3 aromatic rings. The Labute approximate surface area is 211 Å². The minimum atomic E-state index is -0.344. The molecule has 1 amide bonds. The van der Waals surface area contributed by atoms with Crippen molar-refractivity contribution in [1.82, 2.24) is 5.43 Å². The number of carbonyl (C=O) groups excluding carboxylic acids is 1. The van der Waals surface area contributed by atoms with Gasteiger partial charge in [0.1, 0.15) is 18.2 Å². The summed E-state index contributed by atoms with van der Waals surface area (Å²) in [5, 5.41) is 7.92. The second kappa shape index (κ2) is 11.7. The lowest BCUT2D eigenvalue weighted by Gasteiger charge is -2.12. The lowest BCUT2D eigenvalue weighted by molar-refractivity contribution is -0.119. The van der Waals surface area contributed by atoms with E-state index in [9.17, 15) is 9.18 Å². The maximum absolute atomic E-state index is 12.9. The number of halogens is 5. The van der Waals surface area contributed by atoms with Crippen LogP contribution < -0.4 is 15.5 Å². The monoisotopic (exact) mass is 601 g/mol. The topological polar surface area (TPSA) is 62.7 Å². The van der Waals surface area contributed by atoms with Crippen molar-refractivity contribution in [3.63, 3.8) is 0 Å². The molecule has 0 aliphatic heterocycles. The average molecular weight is 604 g/mol. The zero-order valence-electron chi connectivity index (χ0n) is 16.3. The minimum absolute atomic E-state index is 0.00357. The summed E-state index contributed by atoms with van der Waals surface area (Å²) >= 11 is 19.1. The number of carbonyl (C=O) groups is 1. The van der Waals surface area contributed by atoms with Crippen LogP contribution in [0, 0.1) is 5.82 Å². The Morgan fingerprint density at radius 3 is 2.41 bits per heavy atom. The van der Waals surface area contributed by atoms with Crippen LogP contribution in [-0.4, -0.2) is 18.7 Å². The summed E-state index contributed by atoms with van der Waals surface area (Å²) in [6.45, 7) is 0.258. The molecule has 0 atom stereocenters. The van der Waals surface area contributed by atoms with Crippen LogP contribution >= 0.6 is 55.1 Å². The van der Waals surface area contributed by atoms with Crippen LogP contribution in [0.5, 0.6) is 5.75 Å². The van der Waals surface area contributed by atoms with Crippen molar-refractivity contribution in [3.8, 4) is 5.75 Å². The maximum Gasteiger partial charge on any atom is 0.259 e. The predicted octanol–water partition coefficient (Wildman–Crippen LogP) is 6.80. The predicted molar refractivity (Wildman–Crippen MR) is 133 cm³/mol. The molecule has 32 heavy (non-hydrogen) atoms. The van der Waals surface area contributed by atoms with Crippen molar-refractivity contribution in [1.29, 1.82) is 0 Å². The summed E-state index contributed by atoms with van der Waals surface area (Å²) in [4.78, 5) is 11.9. The summed E-state index contributed by atoms with van der Waals surface area (Å²) in [6.07, 6.45) is 1.51. The van der Waals surface area contributed by atoms with Crippen molar-refractivity contribution in [3.05, 3.63) is 90.5 Å². The maximum atomic E-state index is 12.9. The fraction of sp³-hybridized carbons (Fsp3) is 0.0909. The van der Waals surface area contributed by atoms with Crippen molar-refractivity contribution < 1.29 is 13.9 Å². The molecule has 0 saturated heterocycles. The third kappa shape index (κ3) is 7.20. The number of amides is 1. The van der Waals surface area contributed by atoms with Crippen LogP contribution in [-0.2, 0) is 11.4 Å². The highest BCUT2D eigenvalue weighted by atomic mass is 79.9. The number of ether oxygens (including phenoxy) is 1. The normalized spacial score (nSPS) is 10.9. The first-order chi connectivity index (χ1) is 15.3. The Bertz CT molecular complexity index is 1120. The lowest BCUT2D eigenvalue weighted by Crippen LogP contribution is -2.25. The molecule has 0 aromatic heterocycles. The van der Waals surface area contributed by atoms with Gasteiger partial charge in [0.2, 0.25) is 0 Å². The Kier molecular flexibility index (Phi) is 8.92. The molecule has 3 rings (SSSR count). The Morgan fingerprint density at radius 1 is 1.06 bits per heavy atom. The van der Waals surface area contributed by atoms with Gasteiger partial charge in [0.05, 0.1) is 21.7 Å². The van der Waals surface area contributed by atoms with Crippen molar-refractivity contribution in [2.24, 2.45) is 5.10 Å². The number of hydrogen-bond donors (Lipinski definition) is 2. The van der Waals surface area contributed by atoms with Gasteiger partial charge in [-0.05, 0) is 86.0 Å². The van der Waals surface area contributed by atoms with E-state index in [0.717, 1.165) is 11.1 Å². The highest BCUT2D eigenvalue weighted by Crippen LogP contribution is 2.35. The summed E-state index contributed by atoms with van der Waals surface area (Å²) in [5.41, 5.74) is 4.60. The molecular weight excluding hydrogens is 588 g/mol. The van der Waals surface area contributed by atoms with Crippen LogP contribution in [0.1, 0.15) is 11.1 Å². The first kappa shape index (κ1) is 24.5. The van der Waals surface area contributed by atoms with Crippen LogP contribution in [0.25, 0.3) is 0 Å². The number of benzene rings is 3. The van der Waals surface area contributed by atoms with Crippen LogP contribution in [0.2, 0.25) is 10.0 Å². The van der Waals surface area contributed by atoms with Crippen molar-refractivity contribution >= 4 is 72.9 Å². The Balaban J connectivity index is 1.55. The zero-order chi connectivity index (χ0) is 23.1. The fourth-order valence-electron chi connectivity index (χ4n) is 2.55. The van der Waals surface area contributed by atoms with Gasteiger partial charge in [0, 0.05) is 21.3 Å². The van der Waals surface area contributed by atoms with Crippen LogP contribution in [0.4, 0.5) is 10.1 Å². The fourth-order valence-corrected chi connectivity index (χ4v) is 4.46. The van der Waals surface area contributed by atoms with E-state index < -0.39 is 0 Å². The molecule has 3 aromatic carbocycles. The van der Waals surface area contributed by atoms with Gasteiger partial charge in [-0.15, -0.1) is 0 Å². The van der Waals surface area contributed by atoms with Gasteiger partial charge in [0.15, 0.2) is 0 Å². The molecule has 0 saturated carbocycles. The molecule has 10 heteroatoms. The quantitative estimate of drug-likeness (QED) is 0.220. The minimum Gasteiger partial charge on any atom is -0.486 e. The molecule has 0 spiro atoms. The first-order valence-corrected chi connectivity index (χ1v) is 11.5. The van der Waals surface area contributed by atoms with Gasteiger partial charge < -0.3 is 10.1 Å². The number of anilines is 1. The Hall–Kier alpha value is -2.13. The number of rotatable bonds is 8. The molecule has 0 bridgehead atoms. The van der Waals surface area contributed by atoms with Crippen LogP contribution in [0.3, 0.4) is 0 Å². The molecule has 2 N–H and O–H groups in total.